The average molecular weight is 397 g/mol. The van der Waals surface area contributed by atoms with E-state index >= 15 is 0 Å². The summed E-state index contributed by atoms with van der Waals surface area (Å²) in [6.07, 6.45) is 1.11. The van der Waals surface area contributed by atoms with E-state index in [9.17, 15) is 0 Å². The van der Waals surface area contributed by atoms with E-state index in [2.05, 4.69) is 53.8 Å². The number of nitrogens with one attached hydrogen (secondary N) is 2. The van der Waals surface area contributed by atoms with Crippen LogP contribution in [-0.4, -0.2) is 70.0 Å². The fourth-order valence-electron chi connectivity index (χ4n) is 2.94. The lowest BCUT2D eigenvalue weighted by Crippen LogP contribution is -2.42. The first-order valence-electron chi connectivity index (χ1n) is 10.2. The van der Waals surface area contributed by atoms with E-state index in [-0.39, 0.29) is 0 Å². The van der Waals surface area contributed by atoms with Gasteiger partial charge >= 0.3 is 0 Å². The molecule has 2 N–H and O–H groups in total. The van der Waals surface area contributed by atoms with Gasteiger partial charge < -0.3 is 20.1 Å². The summed E-state index contributed by atoms with van der Waals surface area (Å²) in [5.41, 5.74) is 0. The third-order valence-electron chi connectivity index (χ3n) is 4.50. The van der Waals surface area contributed by atoms with Crippen LogP contribution >= 0.6 is 11.3 Å². The van der Waals surface area contributed by atoms with Crippen molar-refractivity contribution in [3.63, 3.8) is 0 Å². The van der Waals surface area contributed by atoms with Crippen molar-refractivity contribution in [1.29, 1.82) is 0 Å². The first-order valence-corrected chi connectivity index (χ1v) is 11.0. The Morgan fingerprint density at radius 1 is 1.30 bits per heavy atom. The van der Waals surface area contributed by atoms with Crippen LogP contribution in [-0.2, 0) is 9.47 Å². The molecule has 7 heteroatoms. The maximum absolute atomic E-state index is 5.69. The molecular formula is C20H36N4O2S. The van der Waals surface area contributed by atoms with E-state index in [1.54, 1.807) is 11.3 Å². The van der Waals surface area contributed by atoms with E-state index < -0.39 is 0 Å². The Bertz CT molecular complexity index is 516. The van der Waals surface area contributed by atoms with Gasteiger partial charge in [0.05, 0.1) is 32.4 Å². The molecule has 6 nitrogen and oxygen atoms in total. The molecule has 154 valence electrons. The quantitative estimate of drug-likeness (QED) is 0.342. The summed E-state index contributed by atoms with van der Waals surface area (Å²) >= 11 is 1.81. The zero-order valence-electron chi connectivity index (χ0n) is 17.1. The topological polar surface area (TPSA) is 58.1 Å². The number of hydrogen-bond donors (Lipinski definition) is 2. The molecule has 0 radical (unpaired) electrons. The zero-order valence-corrected chi connectivity index (χ0v) is 17.9. The minimum Gasteiger partial charge on any atom is -0.380 e. The van der Waals surface area contributed by atoms with Crippen LogP contribution in [0.1, 0.15) is 38.1 Å². The summed E-state index contributed by atoms with van der Waals surface area (Å²) in [7, 11) is 0. The molecule has 1 fully saturated rings. The summed E-state index contributed by atoms with van der Waals surface area (Å²) in [4.78, 5) is 8.71. The highest BCUT2D eigenvalue weighted by molar-refractivity contribution is 7.10. The van der Waals surface area contributed by atoms with Crippen LogP contribution < -0.4 is 10.6 Å². The van der Waals surface area contributed by atoms with Gasteiger partial charge in [0, 0.05) is 37.7 Å². The highest BCUT2D eigenvalue weighted by Gasteiger charge is 2.23. The zero-order chi connectivity index (χ0) is 19.3. The van der Waals surface area contributed by atoms with Crippen molar-refractivity contribution in [2.24, 2.45) is 10.9 Å². The minimum atomic E-state index is 0.312. The second-order valence-electron chi connectivity index (χ2n) is 7.12. The van der Waals surface area contributed by atoms with E-state index in [0.29, 0.717) is 18.6 Å². The molecule has 1 atom stereocenters. The predicted octanol–water partition coefficient (Wildman–Crippen LogP) is 2.74. The molecule has 0 aromatic carbocycles. The normalized spacial score (nSPS) is 17.3. The van der Waals surface area contributed by atoms with Gasteiger partial charge in [-0.2, -0.15) is 0 Å². The van der Waals surface area contributed by atoms with Gasteiger partial charge in [0.25, 0.3) is 0 Å². The highest BCUT2D eigenvalue weighted by atomic mass is 32.1. The number of ether oxygens (including phenoxy) is 2. The second-order valence-corrected chi connectivity index (χ2v) is 8.10. The molecule has 1 aliphatic heterocycles. The van der Waals surface area contributed by atoms with Crippen molar-refractivity contribution in [2.75, 3.05) is 59.2 Å². The van der Waals surface area contributed by atoms with E-state index in [4.69, 9.17) is 14.5 Å². The Balaban J connectivity index is 1.85. The molecule has 1 unspecified atom stereocenters. The number of rotatable bonds is 11. The number of hydrogen-bond acceptors (Lipinski definition) is 5. The van der Waals surface area contributed by atoms with E-state index in [0.717, 1.165) is 64.9 Å². The molecule has 0 spiro atoms. The summed E-state index contributed by atoms with van der Waals surface area (Å²) in [5, 5.41) is 8.87. The van der Waals surface area contributed by atoms with Crippen molar-refractivity contribution in [2.45, 2.75) is 33.2 Å². The van der Waals surface area contributed by atoms with Gasteiger partial charge in [-0.25, -0.2) is 0 Å². The van der Waals surface area contributed by atoms with E-state index in [1.807, 2.05) is 0 Å². The SMILES string of the molecule is CCNC(=NCC(c1cccs1)N1CCOCC1)NCCOCCC(C)C. The largest absolute Gasteiger partial charge is 0.380 e. The minimum absolute atomic E-state index is 0.312. The molecule has 2 heterocycles. The van der Waals surface area contributed by atoms with Crippen molar-refractivity contribution in [3.05, 3.63) is 22.4 Å². The van der Waals surface area contributed by atoms with Gasteiger partial charge in [-0.05, 0) is 30.7 Å². The van der Waals surface area contributed by atoms with Crippen LogP contribution in [0.3, 0.4) is 0 Å². The lowest BCUT2D eigenvalue weighted by Gasteiger charge is -2.33. The standard InChI is InChI=1S/C20H36N4O2S/c1-4-21-20(22-8-12-25-11-7-17(2)3)23-16-18(19-6-5-15-27-19)24-9-13-26-14-10-24/h5-6,15,17-18H,4,7-14,16H2,1-3H3,(H2,21,22,23). The highest BCUT2D eigenvalue weighted by Crippen LogP contribution is 2.26. The summed E-state index contributed by atoms with van der Waals surface area (Å²) in [6.45, 7) is 13.9. The molecule has 0 saturated carbocycles. The smallest absolute Gasteiger partial charge is 0.191 e. The van der Waals surface area contributed by atoms with Gasteiger partial charge in [-0.3, -0.25) is 9.89 Å². The van der Waals surface area contributed by atoms with Gasteiger partial charge in [-0.15, -0.1) is 11.3 Å². The first kappa shape index (κ1) is 22.1. The monoisotopic (exact) mass is 396 g/mol. The maximum atomic E-state index is 5.69. The fourth-order valence-corrected chi connectivity index (χ4v) is 3.79. The van der Waals surface area contributed by atoms with Crippen LogP contribution in [0.4, 0.5) is 0 Å². The van der Waals surface area contributed by atoms with Crippen molar-refractivity contribution < 1.29 is 9.47 Å². The molecule has 1 aromatic rings. The van der Waals surface area contributed by atoms with Crippen LogP contribution in [0.2, 0.25) is 0 Å². The molecule has 0 amide bonds. The lowest BCUT2D eigenvalue weighted by atomic mass is 10.1. The predicted molar refractivity (Wildman–Crippen MR) is 114 cm³/mol. The van der Waals surface area contributed by atoms with Crippen LogP contribution in [0, 0.1) is 5.92 Å². The Morgan fingerprint density at radius 2 is 2.11 bits per heavy atom. The third kappa shape index (κ3) is 8.60. The van der Waals surface area contributed by atoms with Crippen LogP contribution in [0.5, 0.6) is 0 Å². The molecule has 1 aliphatic rings. The van der Waals surface area contributed by atoms with Gasteiger partial charge in [0.2, 0.25) is 0 Å². The van der Waals surface area contributed by atoms with E-state index in [1.165, 1.54) is 4.88 Å². The van der Waals surface area contributed by atoms with Crippen molar-refractivity contribution in [3.8, 4) is 0 Å². The first-order chi connectivity index (χ1) is 13.2. The van der Waals surface area contributed by atoms with Crippen LogP contribution in [0.15, 0.2) is 22.5 Å². The molecule has 27 heavy (non-hydrogen) atoms. The number of morpholine rings is 1. The van der Waals surface area contributed by atoms with Crippen LogP contribution in [0.25, 0.3) is 0 Å². The third-order valence-corrected chi connectivity index (χ3v) is 5.48. The number of thiophene rings is 1. The molecule has 1 saturated heterocycles. The van der Waals surface area contributed by atoms with Gasteiger partial charge in [-0.1, -0.05) is 19.9 Å². The number of nitrogens with zero attached hydrogens (tertiary/aromatic N) is 2. The van der Waals surface area contributed by atoms with Gasteiger partial charge in [0.1, 0.15) is 0 Å². The molecule has 0 aliphatic carbocycles. The Labute approximate surface area is 168 Å². The molecule has 0 bridgehead atoms. The summed E-state index contributed by atoms with van der Waals surface area (Å²) < 4.78 is 11.2. The summed E-state index contributed by atoms with van der Waals surface area (Å²) in [5.74, 6) is 1.55. The maximum Gasteiger partial charge on any atom is 0.191 e. The van der Waals surface area contributed by atoms with Crippen molar-refractivity contribution >= 4 is 17.3 Å². The molecular weight excluding hydrogens is 360 g/mol. The lowest BCUT2D eigenvalue weighted by molar-refractivity contribution is 0.0186. The number of aliphatic imine (C=N–C) groups is 1. The van der Waals surface area contributed by atoms with Crippen molar-refractivity contribution in [1.82, 2.24) is 15.5 Å². The second kappa shape index (κ2) is 13.1. The Morgan fingerprint density at radius 3 is 2.78 bits per heavy atom. The molecule has 2 rings (SSSR count). The van der Waals surface area contributed by atoms with Gasteiger partial charge in [0.15, 0.2) is 5.96 Å². The fraction of sp³-hybridized carbons (Fsp3) is 0.750. The Hall–Kier alpha value is -1.15. The number of guanidine groups is 1. The Kier molecular flexibility index (Phi) is 10.7. The summed E-state index contributed by atoms with van der Waals surface area (Å²) in [6, 6.07) is 4.64. The average Bonchev–Trinajstić information content (AvgIpc) is 3.19. The molecule has 1 aromatic heterocycles.